The van der Waals surface area contributed by atoms with Crippen molar-refractivity contribution in [3.63, 3.8) is 0 Å². The normalized spacial score (nSPS) is 12.4. The molecule has 0 saturated carbocycles. The van der Waals surface area contributed by atoms with E-state index in [1.165, 1.54) is 12.1 Å². The minimum atomic E-state index is -0.310. The van der Waals surface area contributed by atoms with E-state index in [2.05, 4.69) is 0 Å². The van der Waals surface area contributed by atoms with Crippen LogP contribution < -0.4 is 10.5 Å². The van der Waals surface area contributed by atoms with Gasteiger partial charge in [0.2, 0.25) is 0 Å². The summed E-state index contributed by atoms with van der Waals surface area (Å²) in [7, 11) is 0. The van der Waals surface area contributed by atoms with Crippen molar-refractivity contribution >= 4 is 11.3 Å². The molecule has 90 valence electrons. The first-order valence-corrected chi connectivity index (χ1v) is 6.25. The Morgan fingerprint density at radius 3 is 2.88 bits per heavy atom. The van der Waals surface area contributed by atoms with Gasteiger partial charge in [-0.05, 0) is 24.4 Å². The molecule has 0 amide bonds. The number of hydrogen-bond donors (Lipinski definition) is 1. The quantitative estimate of drug-likeness (QED) is 0.902. The molecule has 2 rings (SSSR count). The summed E-state index contributed by atoms with van der Waals surface area (Å²) in [5.41, 5.74) is 6.64. The van der Waals surface area contributed by atoms with E-state index in [9.17, 15) is 4.39 Å². The van der Waals surface area contributed by atoms with Gasteiger partial charge in [0.25, 0.3) is 0 Å². The number of rotatable bonds is 4. The van der Waals surface area contributed by atoms with E-state index >= 15 is 0 Å². The van der Waals surface area contributed by atoms with Gasteiger partial charge in [-0.3, -0.25) is 0 Å². The SMILES string of the molecule is C[C@@H](N)c1ccc(F)cc1OCc1cccs1. The van der Waals surface area contributed by atoms with E-state index in [4.69, 9.17) is 10.5 Å². The van der Waals surface area contributed by atoms with Gasteiger partial charge in [0.15, 0.2) is 0 Å². The van der Waals surface area contributed by atoms with Crippen LogP contribution in [0, 0.1) is 5.82 Å². The summed E-state index contributed by atoms with van der Waals surface area (Å²) in [4.78, 5) is 1.10. The maximum atomic E-state index is 13.2. The standard InChI is InChI=1S/C13H14FNOS/c1-9(15)12-5-4-10(14)7-13(12)16-8-11-3-2-6-17-11/h2-7,9H,8,15H2,1H3/t9-/m1/s1. The summed E-state index contributed by atoms with van der Waals surface area (Å²) in [5, 5.41) is 1.98. The van der Waals surface area contributed by atoms with E-state index < -0.39 is 0 Å². The first-order valence-electron chi connectivity index (χ1n) is 5.37. The molecule has 0 radical (unpaired) electrons. The van der Waals surface area contributed by atoms with Crippen LogP contribution >= 0.6 is 11.3 Å². The monoisotopic (exact) mass is 251 g/mol. The Morgan fingerprint density at radius 1 is 1.41 bits per heavy atom. The number of ether oxygens (including phenoxy) is 1. The fourth-order valence-corrected chi connectivity index (χ4v) is 2.17. The fraction of sp³-hybridized carbons (Fsp3) is 0.231. The molecule has 2 nitrogen and oxygen atoms in total. The second-order valence-electron chi connectivity index (χ2n) is 3.84. The Kier molecular flexibility index (Phi) is 3.76. The second-order valence-corrected chi connectivity index (χ2v) is 4.87. The van der Waals surface area contributed by atoms with Crippen molar-refractivity contribution < 1.29 is 9.13 Å². The lowest BCUT2D eigenvalue weighted by atomic mass is 10.1. The van der Waals surface area contributed by atoms with E-state index in [-0.39, 0.29) is 11.9 Å². The van der Waals surface area contributed by atoms with Crippen molar-refractivity contribution in [3.8, 4) is 5.75 Å². The molecule has 0 aliphatic carbocycles. The van der Waals surface area contributed by atoms with Gasteiger partial charge in [-0.25, -0.2) is 4.39 Å². The van der Waals surface area contributed by atoms with Crippen LogP contribution in [0.15, 0.2) is 35.7 Å². The molecule has 0 aliphatic rings. The molecule has 0 spiro atoms. The zero-order chi connectivity index (χ0) is 12.3. The Labute approximate surface area is 104 Å². The third-order valence-electron chi connectivity index (χ3n) is 2.42. The van der Waals surface area contributed by atoms with Crippen molar-refractivity contribution in [3.05, 3.63) is 52.0 Å². The molecule has 1 aromatic carbocycles. The average molecular weight is 251 g/mol. The summed E-state index contributed by atoms with van der Waals surface area (Å²) in [6.45, 7) is 2.30. The van der Waals surface area contributed by atoms with Gasteiger partial charge in [0.05, 0.1) is 0 Å². The van der Waals surface area contributed by atoms with Crippen molar-refractivity contribution in [1.82, 2.24) is 0 Å². The molecule has 0 saturated heterocycles. The zero-order valence-corrected chi connectivity index (χ0v) is 10.3. The minimum absolute atomic E-state index is 0.172. The molecule has 1 aromatic heterocycles. The topological polar surface area (TPSA) is 35.2 Å². The van der Waals surface area contributed by atoms with E-state index in [1.54, 1.807) is 17.4 Å². The van der Waals surface area contributed by atoms with Crippen LogP contribution in [0.4, 0.5) is 4.39 Å². The van der Waals surface area contributed by atoms with Crippen molar-refractivity contribution in [2.75, 3.05) is 0 Å². The van der Waals surface area contributed by atoms with Gasteiger partial charge in [-0.15, -0.1) is 11.3 Å². The maximum Gasteiger partial charge on any atom is 0.127 e. The number of benzene rings is 1. The number of nitrogens with two attached hydrogens (primary N) is 1. The van der Waals surface area contributed by atoms with Crippen molar-refractivity contribution in [2.45, 2.75) is 19.6 Å². The summed E-state index contributed by atoms with van der Waals surface area (Å²) in [5.74, 6) is 0.212. The number of halogens is 1. The predicted molar refractivity (Wildman–Crippen MR) is 67.7 cm³/mol. The Balaban J connectivity index is 2.16. The lowest BCUT2D eigenvalue weighted by molar-refractivity contribution is 0.303. The number of thiophene rings is 1. The third kappa shape index (κ3) is 3.05. The smallest absolute Gasteiger partial charge is 0.127 e. The van der Waals surface area contributed by atoms with E-state index in [0.29, 0.717) is 12.4 Å². The molecule has 2 N–H and O–H groups in total. The van der Waals surface area contributed by atoms with Crippen molar-refractivity contribution in [2.24, 2.45) is 5.73 Å². The molecular formula is C13H14FNOS. The van der Waals surface area contributed by atoms with Crippen molar-refractivity contribution in [1.29, 1.82) is 0 Å². The Bertz CT molecular complexity index is 482. The molecule has 0 aliphatic heterocycles. The summed E-state index contributed by atoms with van der Waals surface area (Å²) < 4.78 is 18.8. The summed E-state index contributed by atoms with van der Waals surface area (Å²) in [6.07, 6.45) is 0. The summed E-state index contributed by atoms with van der Waals surface area (Å²) >= 11 is 1.61. The highest BCUT2D eigenvalue weighted by molar-refractivity contribution is 7.09. The molecule has 0 fully saturated rings. The predicted octanol–water partition coefficient (Wildman–Crippen LogP) is 3.49. The van der Waals surface area contributed by atoms with Crippen LogP contribution in [-0.2, 0) is 6.61 Å². The lowest BCUT2D eigenvalue weighted by Crippen LogP contribution is -2.08. The van der Waals surface area contributed by atoms with Gasteiger partial charge in [-0.1, -0.05) is 12.1 Å². The molecule has 17 heavy (non-hydrogen) atoms. The van der Waals surface area contributed by atoms with Crippen LogP contribution in [0.1, 0.15) is 23.4 Å². The highest BCUT2D eigenvalue weighted by Gasteiger charge is 2.09. The first kappa shape index (κ1) is 12.1. The Morgan fingerprint density at radius 2 is 2.24 bits per heavy atom. The second kappa shape index (κ2) is 5.29. The Hall–Kier alpha value is -1.39. The molecular weight excluding hydrogens is 237 g/mol. The molecule has 1 atom stereocenters. The maximum absolute atomic E-state index is 13.2. The van der Waals surface area contributed by atoms with Crippen LogP contribution in [0.5, 0.6) is 5.75 Å². The first-order chi connectivity index (χ1) is 8.16. The minimum Gasteiger partial charge on any atom is -0.488 e. The van der Waals surface area contributed by atoms with Gasteiger partial charge in [0.1, 0.15) is 18.2 Å². The molecule has 0 bridgehead atoms. The lowest BCUT2D eigenvalue weighted by Gasteiger charge is -2.13. The van der Waals surface area contributed by atoms with Crippen LogP contribution in [0.25, 0.3) is 0 Å². The van der Waals surface area contributed by atoms with Crippen LogP contribution in [0.3, 0.4) is 0 Å². The number of hydrogen-bond acceptors (Lipinski definition) is 3. The van der Waals surface area contributed by atoms with Crippen LogP contribution in [-0.4, -0.2) is 0 Å². The highest BCUT2D eigenvalue weighted by atomic mass is 32.1. The van der Waals surface area contributed by atoms with Gasteiger partial charge in [-0.2, -0.15) is 0 Å². The largest absolute Gasteiger partial charge is 0.488 e. The van der Waals surface area contributed by atoms with Gasteiger partial charge < -0.3 is 10.5 Å². The summed E-state index contributed by atoms with van der Waals surface area (Å²) in [6, 6.07) is 8.22. The van der Waals surface area contributed by atoms with E-state index in [0.717, 1.165) is 10.4 Å². The fourth-order valence-electron chi connectivity index (χ4n) is 1.55. The van der Waals surface area contributed by atoms with Gasteiger partial charge >= 0.3 is 0 Å². The average Bonchev–Trinajstić information content (AvgIpc) is 2.78. The van der Waals surface area contributed by atoms with E-state index in [1.807, 2.05) is 24.4 Å². The zero-order valence-electron chi connectivity index (χ0n) is 9.52. The molecule has 4 heteroatoms. The molecule has 0 unspecified atom stereocenters. The highest BCUT2D eigenvalue weighted by Crippen LogP contribution is 2.26. The van der Waals surface area contributed by atoms with Crippen LogP contribution in [0.2, 0.25) is 0 Å². The molecule has 2 aromatic rings. The molecule has 1 heterocycles. The third-order valence-corrected chi connectivity index (χ3v) is 3.27. The van der Waals surface area contributed by atoms with Gasteiger partial charge in [0, 0.05) is 22.5 Å².